The van der Waals surface area contributed by atoms with E-state index < -0.39 is 18.0 Å². The van der Waals surface area contributed by atoms with Crippen molar-refractivity contribution in [1.29, 1.82) is 0 Å². The summed E-state index contributed by atoms with van der Waals surface area (Å²) in [6, 6.07) is -1.23. The van der Waals surface area contributed by atoms with Crippen molar-refractivity contribution in [2.24, 2.45) is 0 Å². The third-order valence-corrected chi connectivity index (χ3v) is 3.83. The standard InChI is InChI=1S/C12H24N2O3S/c1-5-12(3,6-2)14-11(17)13-9(10(15)16)7-8-18-4/h9H,5-8H2,1-4H3,(H,15,16)(H2,13,14,17). The molecule has 0 heterocycles. The van der Waals surface area contributed by atoms with Crippen LogP contribution in [0.5, 0.6) is 0 Å². The van der Waals surface area contributed by atoms with Gasteiger partial charge in [-0.25, -0.2) is 9.59 Å². The maximum absolute atomic E-state index is 11.8. The van der Waals surface area contributed by atoms with Crippen molar-refractivity contribution >= 4 is 23.8 Å². The number of nitrogens with one attached hydrogen (secondary N) is 2. The molecule has 0 saturated carbocycles. The number of aliphatic carboxylic acids is 1. The molecule has 18 heavy (non-hydrogen) atoms. The Morgan fingerprint density at radius 2 is 1.89 bits per heavy atom. The normalized spacial score (nSPS) is 12.9. The molecule has 0 bridgehead atoms. The van der Waals surface area contributed by atoms with Gasteiger partial charge in [-0.2, -0.15) is 11.8 Å². The van der Waals surface area contributed by atoms with E-state index in [2.05, 4.69) is 10.6 Å². The van der Waals surface area contributed by atoms with Crippen molar-refractivity contribution < 1.29 is 14.7 Å². The van der Waals surface area contributed by atoms with Gasteiger partial charge in [0.15, 0.2) is 0 Å². The van der Waals surface area contributed by atoms with Crippen LogP contribution in [0.2, 0.25) is 0 Å². The van der Waals surface area contributed by atoms with E-state index in [1.54, 1.807) is 11.8 Å². The van der Waals surface area contributed by atoms with E-state index in [0.29, 0.717) is 12.2 Å². The maximum Gasteiger partial charge on any atom is 0.326 e. The smallest absolute Gasteiger partial charge is 0.326 e. The lowest BCUT2D eigenvalue weighted by molar-refractivity contribution is -0.139. The first kappa shape index (κ1) is 17.1. The molecule has 106 valence electrons. The third-order valence-electron chi connectivity index (χ3n) is 3.19. The van der Waals surface area contributed by atoms with Gasteiger partial charge in [0.1, 0.15) is 6.04 Å². The van der Waals surface area contributed by atoms with Crippen molar-refractivity contribution in [3.63, 3.8) is 0 Å². The second-order valence-electron chi connectivity index (χ2n) is 4.54. The predicted octanol–water partition coefficient (Wildman–Crippen LogP) is 2.07. The zero-order valence-electron chi connectivity index (χ0n) is 11.6. The Hall–Kier alpha value is -0.910. The summed E-state index contributed by atoms with van der Waals surface area (Å²) in [6.45, 7) is 5.93. The van der Waals surface area contributed by atoms with Gasteiger partial charge in [-0.3, -0.25) is 0 Å². The highest BCUT2D eigenvalue weighted by atomic mass is 32.2. The van der Waals surface area contributed by atoms with Crippen molar-refractivity contribution in [1.82, 2.24) is 10.6 Å². The van der Waals surface area contributed by atoms with E-state index in [9.17, 15) is 9.59 Å². The van der Waals surface area contributed by atoms with E-state index in [-0.39, 0.29) is 5.54 Å². The van der Waals surface area contributed by atoms with E-state index in [0.717, 1.165) is 12.8 Å². The van der Waals surface area contributed by atoms with Gasteiger partial charge in [-0.05, 0) is 38.2 Å². The number of urea groups is 1. The van der Waals surface area contributed by atoms with Crippen molar-refractivity contribution in [3.8, 4) is 0 Å². The fraction of sp³-hybridized carbons (Fsp3) is 0.833. The molecular weight excluding hydrogens is 252 g/mol. The SMILES string of the molecule is CCC(C)(CC)NC(=O)NC(CCSC)C(=O)O. The van der Waals surface area contributed by atoms with Crippen molar-refractivity contribution in [2.45, 2.75) is 51.6 Å². The molecule has 0 aromatic heterocycles. The minimum Gasteiger partial charge on any atom is -0.480 e. The lowest BCUT2D eigenvalue weighted by Gasteiger charge is -2.29. The van der Waals surface area contributed by atoms with Gasteiger partial charge < -0.3 is 15.7 Å². The van der Waals surface area contributed by atoms with Crippen LogP contribution in [0.15, 0.2) is 0 Å². The number of rotatable bonds is 8. The number of hydrogen-bond donors (Lipinski definition) is 3. The number of carbonyl (C=O) groups excluding carboxylic acids is 1. The fourth-order valence-electron chi connectivity index (χ4n) is 1.39. The van der Waals surface area contributed by atoms with Crippen molar-refractivity contribution in [3.05, 3.63) is 0 Å². The summed E-state index contributed by atoms with van der Waals surface area (Å²) >= 11 is 1.56. The molecule has 0 aromatic rings. The zero-order valence-corrected chi connectivity index (χ0v) is 12.4. The summed E-state index contributed by atoms with van der Waals surface area (Å²) in [6.07, 6.45) is 3.95. The Morgan fingerprint density at radius 3 is 2.28 bits per heavy atom. The van der Waals surface area contributed by atoms with Crippen LogP contribution in [-0.2, 0) is 4.79 Å². The van der Waals surface area contributed by atoms with Crippen LogP contribution in [0.4, 0.5) is 4.79 Å². The molecule has 0 radical (unpaired) electrons. The molecule has 0 aliphatic rings. The first-order chi connectivity index (χ1) is 8.38. The van der Waals surface area contributed by atoms with Crippen molar-refractivity contribution in [2.75, 3.05) is 12.0 Å². The second-order valence-corrected chi connectivity index (χ2v) is 5.52. The van der Waals surface area contributed by atoms with Gasteiger partial charge in [0.25, 0.3) is 0 Å². The molecular formula is C12H24N2O3S. The number of thioether (sulfide) groups is 1. The van der Waals surface area contributed by atoms with E-state index in [4.69, 9.17) is 5.11 Å². The molecule has 1 atom stereocenters. The predicted molar refractivity (Wildman–Crippen MR) is 75.1 cm³/mol. The largest absolute Gasteiger partial charge is 0.480 e. The minimum absolute atomic E-state index is 0.285. The van der Waals surface area contributed by atoms with Gasteiger partial charge >= 0.3 is 12.0 Å². The number of carboxylic acids is 1. The van der Waals surface area contributed by atoms with E-state index >= 15 is 0 Å². The maximum atomic E-state index is 11.8. The van der Waals surface area contributed by atoms with Crippen LogP contribution in [0.3, 0.4) is 0 Å². The van der Waals surface area contributed by atoms with E-state index in [1.807, 2.05) is 27.0 Å². The van der Waals surface area contributed by atoms with Gasteiger partial charge in [-0.1, -0.05) is 13.8 Å². The van der Waals surface area contributed by atoms with Gasteiger partial charge in [0.05, 0.1) is 0 Å². The molecule has 0 fully saturated rings. The Kier molecular flexibility index (Phi) is 7.82. The zero-order chi connectivity index (χ0) is 14.2. The summed E-state index contributed by atoms with van der Waals surface area (Å²) in [5, 5.41) is 14.4. The molecule has 6 heteroatoms. The lowest BCUT2D eigenvalue weighted by Crippen LogP contribution is -2.53. The van der Waals surface area contributed by atoms with Gasteiger partial charge in [0.2, 0.25) is 0 Å². The number of carbonyl (C=O) groups is 2. The Labute approximate surface area is 113 Å². The monoisotopic (exact) mass is 276 g/mol. The molecule has 1 unspecified atom stereocenters. The molecule has 0 spiro atoms. The molecule has 0 rings (SSSR count). The summed E-state index contributed by atoms with van der Waals surface area (Å²) in [4.78, 5) is 22.8. The highest BCUT2D eigenvalue weighted by Gasteiger charge is 2.25. The Bertz CT molecular complexity index is 280. The van der Waals surface area contributed by atoms with Crippen LogP contribution in [-0.4, -0.2) is 40.7 Å². The van der Waals surface area contributed by atoms with Gasteiger partial charge in [0, 0.05) is 5.54 Å². The summed E-state index contributed by atoms with van der Waals surface area (Å²) in [5.74, 6) is -0.287. The lowest BCUT2D eigenvalue weighted by atomic mass is 9.96. The summed E-state index contributed by atoms with van der Waals surface area (Å²) in [7, 11) is 0. The number of hydrogen-bond acceptors (Lipinski definition) is 3. The summed E-state index contributed by atoms with van der Waals surface area (Å²) in [5.41, 5.74) is -0.285. The van der Waals surface area contributed by atoms with Crippen LogP contribution in [0.25, 0.3) is 0 Å². The van der Waals surface area contributed by atoms with Crippen LogP contribution in [0, 0.1) is 0 Å². The second kappa shape index (κ2) is 8.24. The molecule has 0 saturated heterocycles. The molecule has 5 nitrogen and oxygen atoms in total. The highest BCUT2D eigenvalue weighted by molar-refractivity contribution is 7.98. The molecule has 0 aromatic carbocycles. The van der Waals surface area contributed by atoms with Crippen LogP contribution >= 0.6 is 11.8 Å². The quantitative estimate of drug-likeness (QED) is 0.634. The molecule has 0 aliphatic heterocycles. The molecule has 3 N–H and O–H groups in total. The first-order valence-corrected chi connectivity index (χ1v) is 7.58. The van der Waals surface area contributed by atoms with Crippen LogP contribution < -0.4 is 10.6 Å². The average molecular weight is 276 g/mol. The summed E-state index contributed by atoms with van der Waals surface area (Å²) < 4.78 is 0. The number of amides is 2. The highest BCUT2D eigenvalue weighted by Crippen LogP contribution is 2.13. The molecule has 0 aliphatic carbocycles. The first-order valence-electron chi connectivity index (χ1n) is 6.19. The van der Waals surface area contributed by atoms with Crippen LogP contribution in [0.1, 0.15) is 40.0 Å². The minimum atomic E-state index is -0.992. The number of carboxylic acid groups (broad SMARTS) is 1. The topological polar surface area (TPSA) is 78.4 Å². The van der Waals surface area contributed by atoms with Gasteiger partial charge in [-0.15, -0.1) is 0 Å². The van der Waals surface area contributed by atoms with E-state index in [1.165, 1.54) is 0 Å². The molecule has 2 amide bonds. The Balaban J connectivity index is 4.37. The fourth-order valence-corrected chi connectivity index (χ4v) is 1.86. The Morgan fingerprint density at radius 1 is 1.33 bits per heavy atom. The third kappa shape index (κ3) is 6.14. The average Bonchev–Trinajstić information content (AvgIpc) is 2.33.